The fraction of sp³-hybridized carbons (Fsp3) is 1.00. The normalized spacial score (nSPS) is 38.2. The molecule has 2 heteroatoms. The van der Waals surface area contributed by atoms with Gasteiger partial charge in [0.1, 0.15) is 0 Å². The molecule has 88 valence electrons. The smallest absolute Gasteiger partial charge is 0.0772 e. The van der Waals surface area contributed by atoms with Gasteiger partial charge in [-0.05, 0) is 49.9 Å². The molecule has 0 heterocycles. The third-order valence-corrected chi connectivity index (χ3v) is 4.62. The van der Waals surface area contributed by atoms with Crippen LogP contribution >= 0.6 is 0 Å². The molecular weight excluding hydrogens is 186 g/mol. The van der Waals surface area contributed by atoms with Gasteiger partial charge in [-0.15, -0.1) is 0 Å². The van der Waals surface area contributed by atoms with Crippen molar-refractivity contribution in [1.82, 2.24) is 0 Å². The molecule has 0 aromatic rings. The molecule has 15 heavy (non-hydrogen) atoms. The second kappa shape index (κ2) is 4.42. The maximum Gasteiger partial charge on any atom is 0.0772 e. The summed E-state index contributed by atoms with van der Waals surface area (Å²) < 4.78 is 0. The minimum absolute atomic E-state index is 0.439. The van der Waals surface area contributed by atoms with E-state index >= 15 is 0 Å². The summed E-state index contributed by atoms with van der Waals surface area (Å²) in [5.74, 6) is 2.65. The monoisotopic (exact) mass is 211 g/mol. The third-order valence-electron chi connectivity index (χ3n) is 4.62. The molecule has 0 aromatic carbocycles. The van der Waals surface area contributed by atoms with Gasteiger partial charge in [0.15, 0.2) is 0 Å². The molecule has 4 atom stereocenters. The molecule has 2 aliphatic rings. The predicted molar refractivity (Wildman–Crippen MR) is 62.5 cm³/mol. The summed E-state index contributed by atoms with van der Waals surface area (Å²) in [6, 6.07) is 0. The molecule has 2 aliphatic carbocycles. The minimum atomic E-state index is -0.566. The third kappa shape index (κ3) is 2.36. The van der Waals surface area contributed by atoms with E-state index in [2.05, 4.69) is 6.92 Å². The summed E-state index contributed by atoms with van der Waals surface area (Å²) in [5.41, 5.74) is 5.15. The van der Waals surface area contributed by atoms with Crippen LogP contribution in [-0.2, 0) is 0 Å². The van der Waals surface area contributed by atoms with E-state index in [0.29, 0.717) is 6.54 Å². The topological polar surface area (TPSA) is 46.2 Å². The summed E-state index contributed by atoms with van der Waals surface area (Å²) in [6.45, 7) is 2.57. The van der Waals surface area contributed by atoms with Crippen LogP contribution in [0.4, 0.5) is 0 Å². The maximum absolute atomic E-state index is 10.4. The van der Waals surface area contributed by atoms with Crippen molar-refractivity contribution in [2.45, 2.75) is 57.5 Å². The highest BCUT2D eigenvalue weighted by Crippen LogP contribution is 2.51. The van der Waals surface area contributed by atoms with Gasteiger partial charge in [0.25, 0.3) is 0 Å². The molecule has 2 fully saturated rings. The first-order chi connectivity index (χ1) is 7.17. The van der Waals surface area contributed by atoms with Crippen LogP contribution in [0.15, 0.2) is 0 Å². The van der Waals surface area contributed by atoms with Crippen LogP contribution in [0.2, 0.25) is 0 Å². The number of fused-ring (bicyclic) bond motifs is 2. The van der Waals surface area contributed by atoms with Crippen molar-refractivity contribution < 1.29 is 5.11 Å². The zero-order chi connectivity index (χ0) is 10.9. The lowest BCUT2D eigenvalue weighted by Crippen LogP contribution is -2.40. The van der Waals surface area contributed by atoms with Crippen LogP contribution in [0.3, 0.4) is 0 Å². The Balaban J connectivity index is 1.89. The zero-order valence-electron chi connectivity index (χ0n) is 9.91. The molecule has 0 amide bonds. The van der Waals surface area contributed by atoms with Crippen LogP contribution in [0, 0.1) is 17.8 Å². The highest BCUT2D eigenvalue weighted by atomic mass is 16.3. The van der Waals surface area contributed by atoms with Crippen molar-refractivity contribution in [3.8, 4) is 0 Å². The Morgan fingerprint density at radius 3 is 2.60 bits per heavy atom. The van der Waals surface area contributed by atoms with Gasteiger partial charge in [0.2, 0.25) is 0 Å². The average molecular weight is 211 g/mol. The van der Waals surface area contributed by atoms with Crippen LogP contribution in [0.5, 0.6) is 0 Å². The summed E-state index contributed by atoms with van der Waals surface area (Å²) >= 11 is 0. The van der Waals surface area contributed by atoms with Gasteiger partial charge in [0, 0.05) is 6.54 Å². The predicted octanol–water partition coefficient (Wildman–Crippen LogP) is 2.30. The lowest BCUT2D eigenvalue weighted by Gasteiger charge is -2.32. The lowest BCUT2D eigenvalue weighted by molar-refractivity contribution is 0.00672. The molecule has 0 radical (unpaired) electrons. The number of nitrogens with two attached hydrogens (primary N) is 1. The number of aliphatic hydroxyl groups is 1. The Kier molecular flexibility index (Phi) is 3.36. The fourth-order valence-electron chi connectivity index (χ4n) is 3.87. The molecule has 0 saturated heterocycles. The van der Waals surface area contributed by atoms with E-state index in [0.717, 1.165) is 37.0 Å². The van der Waals surface area contributed by atoms with E-state index in [-0.39, 0.29) is 0 Å². The Morgan fingerprint density at radius 1 is 1.33 bits per heavy atom. The van der Waals surface area contributed by atoms with Crippen molar-refractivity contribution in [2.75, 3.05) is 6.54 Å². The SMILES string of the molecule is CCCC(O)(CN)CC1CC2CCC1C2. The van der Waals surface area contributed by atoms with Gasteiger partial charge >= 0.3 is 0 Å². The molecule has 0 aromatic heterocycles. The van der Waals surface area contributed by atoms with Gasteiger partial charge in [-0.3, -0.25) is 0 Å². The molecule has 2 saturated carbocycles. The van der Waals surface area contributed by atoms with Gasteiger partial charge in [-0.1, -0.05) is 19.8 Å². The molecule has 2 rings (SSSR count). The van der Waals surface area contributed by atoms with Crippen LogP contribution in [-0.4, -0.2) is 17.3 Å². The summed E-state index contributed by atoms with van der Waals surface area (Å²) in [6.07, 6.45) is 8.50. The quantitative estimate of drug-likeness (QED) is 0.733. The first-order valence-corrected chi connectivity index (χ1v) is 6.59. The standard InChI is InChI=1S/C13H25NO/c1-2-5-13(15,9-14)8-12-7-10-3-4-11(12)6-10/h10-12,15H,2-9,14H2,1H3. The number of hydrogen-bond donors (Lipinski definition) is 2. The van der Waals surface area contributed by atoms with E-state index in [1.165, 1.54) is 25.7 Å². The second-order valence-corrected chi connectivity index (χ2v) is 5.82. The van der Waals surface area contributed by atoms with Crippen LogP contribution in [0.1, 0.15) is 51.9 Å². The Labute approximate surface area is 93.2 Å². The molecule has 2 nitrogen and oxygen atoms in total. The summed E-state index contributed by atoms with van der Waals surface area (Å²) in [4.78, 5) is 0. The summed E-state index contributed by atoms with van der Waals surface area (Å²) in [5, 5.41) is 10.4. The maximum atomic E-state index is 10.4. The molecule has 4 unspecified atom stereocenters. The van der Waals surface area contributed by atoms with E-state index in [1.54, 1.807) is 0 Å². The molecule has 3 N–H and O–H groups in total. The highest BCUT2D eigenvalue weighted by molar-refractivity contribution is 4.94. The van der Waals surface area contributed by atoms with Crippen molar-refractivity contribution in [3.05, 3.63) is 0 Å². The summed E-state index contributed by atoms with van der Waals surface area (Å²) in [7, 11) is 0. The molecule has 0 spiro atoms. The lowest BCUT2D eigenvalue weighted by atomic mass is 9.79. The van der Waals surface area contributed by atoms with Gasteiger partial charge < -0.3 is 10.8 Å². The first kappa shape index (κ1) is 11.4. The van der Waals surface area contributed by atoms with E-state index in [9.17, 15) is 5.11 Å². The second-order valence-electron chi connectivity index (χ2n) is 5.82. The number of rotatable bonds is 5. The molecule has 0 aliphatic heterocycles. The Bertz CT molecular complexity index is 219. The fourth-order valence-corrected chi connectivity index (χ4v) is 3.87. The number of hydrogen-bond acceptors (Lipinski definition) is 2. The van der Waals surface area contributed by atoms with Gasteiger partial charge in [-0.25, -0.2) is 0 Å². The Morgan fingerprint density at radius 2 is 2.13 bits per heavy atom. The zero-order valence-corrected chi connectivity index (χ0v) is 9.91. The molecule has 2 bridgehead atoms. The average Bonchev–Trinajstić information content (AvgIpc) is 2.79. The Hall–Kier alpha value is -0.0800. The van der Waals surface area contributed by atoms with Gasteiger partial charge in [0.05, 0.1) is 5.60 Å². The van der Waals surface area contributed by atoms with E-state index in [4.69, 9.17) is 5.73 Å². The van der Waals surface area contributed by atoms with Crippen LogP contribution < -0.4 is 5.73 Å². The highest BCUT2D eigenvalue weighted by Gasteiger charge is 2.42. The minimum Gasteiger partial charge on any atom is -0.389 e. The first-order valence-electron chi connectivity index (χ1n) is 6.59. The molecular formula is C13H25NO. The van der Waals surface area contributed by atoms with Crippen molar-refractivity contribution in [1.29, 1.82) is 0 Å². The van der Waals surface area contributed by atoms with Crippen LogP contribution in [0.25, 0.3) is 0 Å². The van der Waals surface area contributed by atoms with E-state index < -0.39 is 5.60 Å². The van der Waals surface area contributed by atoms with Crippen molar-refractivity contribution in [2.24, 2.45) is 23.5 Å². The van der Waals surface area contributed by atoms with Crippen molar-refractivity contribution >= 4 is 0 Å². The largest absolute Gasteiger partial charge is 0.389 e. The van der Waals surface area contributed by atoms with Crippen molar-refractivity contribution in [3.63, 3.8) is 0 Å². The van der Waals surface area contributed by atoms with E-state index in [1.807, 2.05) is 0 Å². The van der Waals surface area contributed by atoms with Gasteiger partial charge in [-0.2, -0.15) is 0 Å².